The third kappa shape index (κ3) is 2.85. The van der Waals surface area contributed by atoms with Crippen LogP contribution in [-0.4, -0.2) is 48.3 Å². The lowest BCUT2D eigenvalue weighted by Crippen LogP contribution is -2.47. The first-order chi connectivity index (χ1) is 13.5. The van der Waals surface area contributed by atoms with Crippen molar-refractivity contribution in [3.63, 3.8) is 0 Å². The van der Waals surface area contributed by atoms with Crippen LogP contribution in [0.5, 0.6) is 0 Å². The van der Waals surface area contributed by atoms with Gasteiger partial charge in [0.1, 0.15) is 6.42 Å². The monoisotopic (exact) mass is 378 g/mol. The van der Waals surface area contributed by atoms with Gasteiger partial charge in [0.15, 0.2) is 0 Å². The Labute approximate surface area is 161 Å². The Morgan fingerprint density at radius 1 is 1.00 bits per heavy atom. The fourth-order valence-corrected chi connectivity index (χ4v) is 3.84. The van der Waals surface area contributed by atoms with E-state index in [9.17, 15) is 19.2 Å². The molecule has 0 saturated heterocycles. The number of ether oxygens (including phenoxy) is 1. The summed E-state index contributed by atoms with van der Waals surface area (Å²) in [6, 6.07) is 13.6. The van der Waals surface area contributed by atoms with E-state index in [0.29, 0.717) is 23.2 Å². The van der Waals surface area contributed by atoms with E-state index in [0.717, 1.165) is 5.56 Å². The maximum atomic E-state index is 12.8. The third-order valence-electron chi connectivity index (χ3n) is 5.14. The van der Waals surface area contributed by atoms with Crippen LogP contribution in [0.1, 0.15) is 32.7 Å². The minimum atomic E-state index is -0.631. The van der Waals surface area contributed by atoms with E-state index in [1.807, 2.05) is 18.2 Å². The number of para-hydroxylation sites is 1. The number of rotatable bonds is 4. The fourth-order valence-electron chi connectivity index (χ4n) is 3.84. The zero-order chi connectivity index (χ0) is 19.8. The van der Waals surface area contributed by atoms with Gasteiger partial charge in [0.2, 0.25) is 5.91 Å². The molecule has 0 saturated carbocycles. The molecule has 28 heavy (non-hydrogen) atoms. The molecule has 1 unspecified atom stereocenters. The standard InChI is InChI=1S/C21H18N2O5/c1-28-19(25)11-18(24)23-14(10-13-6-2-5-9-17(13)23)12-22-20(26)15-7-3-4-8-16(15)21(22)27/h2-9,14H,10-12H2,1H3. The first-order valence-electron chi connectivity index (χ1n) is 8.93. The lowest BCUT2D eigenvalue weighted by Gasteiger charge is -2.28. The van der Waals surface area contributed by atoms with E-state index in [1.54, 1.807) is 30.3 Å². The highest BCUT2D eigenvalue weighted by atomic mass is 16.5. The van der Waals surface area contributed by atoms with Crippen molar-refractivity contribution >= 4 is 29.4 Å². The van der Waals surface area contributed by atoms with Crippen molar-refractivity contribution in [2.75, 3.05) is 18.6 Å². The van der Waals surface area contributed by atoms with E-state index in [-0.39, 0.29) is 18.4 Å². The number of hydrogen-bond donors (Lipinski definition) is 0. The number of amides is 3. The summed E-state index contributed by atoms with van der Waals surface area (Å²) >= 11 is 0. The van der Waals surface area contributed by atoms with Gasteiger partial charge in [-0.2, -0.15) is 0 Å². The van der Waals surface area contributed by atoms with Crippen molar-refractivity contribution in [1.82, 2.24) is 4.90 Å². The van der Waals surface area contributed by atoms with Gasteiger partial charge < -0.3 is 9.64 Å². The molecule has 0 fully saturated rings. The summed E-state index contributed by atoms with van der Waals surface area (Å²) in [5.41, 5.74) is 2.37. The molecule has 4 rings (SSSR count). The molecule has 2 heterocycles. The summed E-state index contributed by atoms with van der Waals surface area (Å²) in [4.78, 5) is 52.5. The molecule has 2 aliphatic rings. The van der Waals surface area contributed by atoms with Gasteiger partial charge in [-0.15, -0.1) is 0 Å². The molecule has 1 atom stereocenters. The van der Waals surface area contributed by atoms with Crippen LogP contribution in [0.4, 0.5) is 5.69 Å². The average molecular weight is 378 g/mol. The number of benzene rings is 2. The molecule has 0 radical (unpaired) electrons. The Hall–Kier alpha value is -3.48. The van der Waals surface area contributed by atoms with Crippen LogP contribution < -0.4 is 4.90 Å². The van der Waals surface area contributed by atoms with Crippen molar-refractivity contribution in [2.24, 2.45) is 0 Å². The van der Waals surface area contributed by atoms with Crippen molar-refractivity contribution < 1.29 is 23.9 Å². The van der Waals surface area contributed by atoms with Crippen molar-refractivity contribution in [3.8, 4) is 0 Å². The number of carbonyl (C=O) groups is 4. The summed E-state index contributed by atoms with van der Waals surface area (Å²) in [5, 5.41) is 0. The molecule has 0 bridgehead atoms. The minimum absolute atomic E-state index is 0.0634. The van der Waals surface area contributed by atoms with Gasteiger partial charge in [-0.1, -0.05) is 30.3 Å². The quantitative estimate of drug-likeness (QED) is 0.460. The number of methoxy groups -OCH3 is 1. The molecular formula is C21H18N2O5. The predicted octanol–water partition coefficient (Wildman–Crippen LogP) is 1.80. The second-order valence-corrected chi connectivity index (χ2v) is 6.77. The molecule has 0 N–H and O–H groups in total. The van der Waals surface area contributed by atoms with E-state index in [4.69, 9.17) is 0 Å². The molecule has 7 nitrogen and oxygen atoms in total. The van der Waals surface area contributed by atoms with E-state index < -0.39 is 24.3 Å². The van der Waals surface area contributed by atoms with Gasteiger partial charge >= 0.3 is 5.97 Å². The van der Waals surface area contributed by atoms with E-state index in [2.05, 4.69) is 4.74 Å². The van der Waals surface area contributed by atoms with Crippen molar-refractivity contribution in [1.29, 1.82) is 0 Å². The van der Waals surface area contributed by atoms with Crippen LogP contribution in [0.25, 0.3) is 0 Å². The summed E-state index contributed by atoms with van der Waals surface area (Å²) in [6.07, 6.45) is 0.0972. The number of fused-ring (bicyclic) bond motifs is 2. The first kappa shape index (κ1) is 17.9. The highest BCUT2D eigenvalue weighted by Crippen LogP contribution is 2.34. The number of imide groups is 1. The lowest BCUT2D eigenvalue weighted by molar-refractivity contribution is -0.143. The number of carbonyl (C=O) groups excluding carboxylic acids is 4. The normalized spacial score (nSPS) is 17.5. The summed E-state index contributed by atoms with van der Waals surface area (Å²) in [7, 11) is 1.23. The van der Waals surface area contributed by atoms with Gasteiger partial charge in [-0.3, -0.25) is 24.1 Å². The second kappa shape index (κ2) is 6.92. The van der Waals surface area contributed by atoms with Crippen LogP contribution in [-0.2, 0) is 20.7 Å². The summed E-state index contributed by atoms with van der Waals surface area (Å²) < 4.78 is 4.61. The van der Waals surface area contributed by atoms with Crippen molar-refractivity contribution in [3.05, 3.63) is 65.2 Å². The Morgan fingerprint density at radius 3 is 2.25 bits per heavy atom. The van der Waals surface area contributed by atoms with Crippen LogP contribution in [0.2, 0.25) is 0 Å². The van der Waals surface area contributed by atoms with Gasteiger partial charge in [0.05, 0.1) is 30.8 Å². The molecular weight excluding hydrogens is 360 g/mol. The highest BCUT2D eigenvalue weighted by molar-refractivity contribution is 6.21. The van der Waals surface area contributed by atoms with Gasteiger partial charge in [-0.25, -0.2) is 0 Å². The fraction of sp³-hybridized carbons (Fsp3) is 0.238. The number of hydrogen-bond acceptors (Lipinski definition) is 5. The zero-order valence-corrected chi connectivity index (χ0v) is 15.3. The molecule has 0 aliphatic carbocycles. The molecule has 2 aromatic rings. The topological polar surface area (TPSA) is 84.0 Å². The number of esters is 1. The van der Waals surface area contributed by atoms with E-state index >= 15 is 0 Å². The molecule has 2 aliphatic heterocycles. The number of nitrogens with zero attached hydrogens (tertiary/aromatic N) is 2. The maximum absolute atomic E-state index is 12.8. The van der Waals surface area contributed by atoms with Crippen LogP contribution in [0, 0.1) is 0 Å². The summed E-state index contributed by atoms with van der Waals surface area (Å²) in [6.45, 7) is 0.0634. The Kier molecular flexibility index (Phi) is 4.43. The first-order valence-corrected chi connectivity index (χ1v) is 8.93. The molecule has 0 spiro atoms. The van der Waals surface area contributed by atoms with Gasteiger partial charge in [0.25, 0.3) is 11.8 Å². The lowest BCUT2D eigenvalue weighted by atomic mass is 10.1. The third-order valence-corrected chi connectivity index (χ3v) is 5.14. The molecule has 7 heteroatoms. The zero-order valence-electron chi connectivity index (χ0n) is 15.3. The van der Waals surface area contributed by atoms with Gasteiger partial charge in [-0.05, 0) is 30.2 Å². The minimum Gasteiger partial charge on any atom is -0.469 e. The number of anilines is 1. The highest BCUT2D eigenvalue weighted by Gasteiger charge is 2.41. The van der Waals surface area contributed by atoms with Crippen LogP contribution in [0.15, 0.2) is 48.5 Å². The second-order valence-electron chi connectivity index (χ2n) is 6.77. The largest absolute Gasteiger partial charge is 0.469 e. The average Bonchev–Trinajstić information content (AvgIpc) is 3.19. The smallest absolute Gasteiger partial charge is 0.315 e. The maximum Gasteiger partial charge on any atom is 0.315 e. The van der Waals surface area contributed by atoms with Crippen LogP contribution >= 0.6 is 0 Å². The van der Waals surface area contributed by atoms with Gasteiger partial charge in [0, 0.05) is 5.69 Å². The predicted molar refractivity (Wildman–Crippen MR) is 99.9 cm³/mol. The molecule has 3 amide bonds. The Balaban J connectivity index is 1.62. The SMILES string of the molecule is COC(=O)CC(=O)N1c2ccccc2CC1CN1C(=O)c2ccccc2C1=O. The molecule has 142 valence electrons. The van der Waals surface area contributed by atoms with Crippen molar-refractivity contribution in [2.45, 2.75) is 18.9 Å². The Morgan fingerprint density at radius 2 is 1.61 bits per heavy atom. The summed E-state index contributed by atoms with van der Waals surface area (Å²) in [5.74, 6) is -1.78. The molecule has 0 aromatic heterocycles. The van der Waals surface area contributed by atoms with E-state index in [1.165, 1.54) is 16.9 Å². The van der Waals surface area contributed by atoms with Crippen LogP contribution in [0.3, 0.4) is 0 Å². The Bertz CT molecular complexity index is 965. The molecule has 2 aromatic carbocycles.